The third kappa shape index (κ3) is 3.71. The first-order chi connectivity index (χ1) is 9.23. The lowest BCUT2D eigenvalue weighted by atomic mass is 9.96. The van der Waals surface area contributed by atoms with E-state index in [-0.39, 0.29) is 17.4 Å². The summed E-state index contributed by atoms with van der Waals surface area (Å²) in [6.45, 7) is 5.26. The molecule has 0 aromatic heterocycles. The van der Waals surface area contributed by atoms with Gasteiger partial charge in [-0.05, 0) is 46.5 Å². The largest absolute Gasteiger partial charge is 0.444 e. The molecule has 6 heteroatoms. The first-order valence-corrected chi connectivity index (χ1v) is 7.00. The standard InChI is InChI=1S/C14H22N2O4/c1-13(2,3)20-12(19)15-10(8-17)6-9-7-14(4-5-14)16-11(9)18/h8-10H,4-7H2,1-3H3,(H,15,19)(H,16,18)/t9-,10+/m1/s1. The Morgan fingerprint density at radius 3 is 2.65 bits per heavy atom. The van der Waals surface area contributed by atoms with Gasteiger partial charge in [0.15, 0.2) is 0 Å². The fraction of sp³-hybridized carbons (Fsp3) is 0.786. The molecule has 1 saturated heterocycles. The minimum absolute atomic E-state index is 0.0128. The van der Waals surface area contributed by atoms with Crippen molar-refractivity contribution in [3.05, 3.63) is 0 Å². The van der Waals surface area contributed by atoms with Gasteiger partial charge in [-0.15, -0.1) is 0 Å². The van der Waals surface area contributed by atoms with E-state index in [0.717, 1.165) is 19.3 Å². The quantitative estimate of drug-likeness (QED) is 0.757. The molecule has 0 radical (unpaired) electrons. The van der Waals surface area contributed by atoms with Crippen LogP contribution in [0.25, 0.3) is 0 Å². The molecule has 1 spiro atoms. The summed E-state index contributed by atoms with van der Waals surface area (Å²) in [7, 11) is 0. The van der Waals surface area contributed by atoms with Crippen molar-refractivity contribution in [3.8, 4) is 0 Å². The molecule has 2 rings (SSSR count). The van der Waals surface area contributed by atoms with Crippen LogP contribution >= 0.6 is 0 Å². The highest BCUT2D eigenvalue weighted by atomic mass is 16.6. The van der Waals surface area contributed by atoms with Crippen LogP contribution in [0.4, 0.5) is 4.79 Å². The zero-order chi connectivity index (χ0) is 15.0. The maximum absolute atomic E-state index is 11.8. The summed E-state index contributed by atoms with van der Waals surface area (Å²) in [6, 6.07) is -0.686. The number of hydrogen-bond acceptors (Lipinski definition) is 4. The zero-order valence-corrected chi connectivity index (χ0v) is 12.2. The third-order valence-corrected chi connectivity index (χ3v) is 3.65. The number of rotatable bonds is 4. The highest BCUT2D eigenvalue weighted by molar-refractivity contribution is 5.83. The van der Waals surface area contributed by atoms with E-state index in [1.165, 1.54) is 0 Å². The Balaban J connectivity index is 1.85. The summed E-state index contributed by atoms with van der Waals surface area (Å²) in [5.41, 5.74) is -0.624. The van der Waals surface area contributed by atoms with Crippen LogP contribution in [-0.2, 0) is 14.3 Å². The molecule has 2 atom stereocenters. The van der Waals surface area contributed by atoms with E-state index < -0.39 is 17.7 Å². The van der Waals surface area contributed by atoms with Crippen molar-refractivity contribution in [2.75, 3.05) is 0 Å². The fourth-order valence-electron chi connectivity index (χ4n) is 2.56. The summed E-state index contributed by atoms with van der Waals surface area (Å²) in [4.78, 5) is 34.5. The molecule has 1 aliphatic heterocycles. The molecule has 6 nitrogen and oxygen atoms in total. The van der Waals surface area contributed by atoms with E-state index in [2.05, 4.69) is 10.6 Å². The van der Waals surface area contributed by atoms with Crippen LogP contribution in [-0.4, -0.2) is 35.5 Å². The second-order valence-corrected chi connectivity index (χ2v) is 6.80. The normalized spacial score (nSPS) is 24.9. The van der Waals surface area contributed by atoms with Crippen LogP contribution in [0, 0.1) is 5.92 Å². The molecule has 20 heavy (non-hydrogen) atoms. The molecule has 0 aromatic carbocycles. The average molecular weight is 282 g/mol. The summed E-state index contributed by atoms with van der Waals surface area (Å²) >= 11 is 0. The van der Waals surface area contributed by atoms with Crippen LogP contribution < -0.4 is 10.6 Å². The van der Waals surface area contributed by atoms with E-state index in [1.54, 1.807) is 20.8 Å². The number of nitrogens with one attached hydrogen (secondary N) is 2. The predicted molar refractivity (Wildman–Crippen MR) is 72.1 cm³/mol. The molecule has 2 amide bonds. The minimum Gasteiger partial charge on any atom is -0.444 e. The highest BCUT2D eigenvalue weighted by Gasteiger charge is 2.52. The van der Waals surface area contributed by atoms with Crippen molar-refractivity contribution in [1.82, 2.24) is 10.6 Å². The van der Waals surface area contributed by atoms with Crippen molar-refractivity contribution in [3.63, 3.8) is 0 Å². The Morgan fingerprint density at radius 2 is 2.20 bits per heavy atom. The second kappa shape index (κ2) is 5.07. The van der Waals surface area contributed by atoms with E-state index in [1.807, 2.05) is 0 Å². The molecule has 0 aromatic rings. The van der Waals surface area contributed by atoms with Crippen LogP contribution in [0.3, 0.4) is 0 Å². The van der Waals surface area contributed by atoms with Gasteiger partial charge < -0.3 is 20.2 Å². The third-order valence-electron chi connectivity index (χ3n) is 3.65. The number of aldehydes is 1. The summed E-state index contributed by atoms with van der Waals surface area (Å²) in [5, 5.41) is 5.49. The van der Waals surface area contributed by atoms with Crippen LogP contribution in [0.15, 0.2) is 0 Å². The van der Waals surface area contributed by atoms with Crippen molar-refractivity contribution < 1.29 is 19.1 Å². The van der Waals surface area contributed by atoms with Crippen molar-refractivity contribution >= 4 is 18.3 Å². The van der Waals surface area contributed by atoms with Gasteiger partial charge in [-0.3, -0.25) is 4.79 Å². The number of alkyl carbamates (subject to hydrolysis) is 1. The Labute approximate surface area is 118 Å². The fourth-order valence-corrected chi connectivity index (χ4v) is 2.56. The monoisotopic (exact) mass is 282 g/mol. The molecule has 1 saturated carbocycles. The Kier molecular flexibility index (Phi) is 3.75. The number of carbonyl (C=O) groups excluding carboxylic acids is 3. The van der Waals surface area contributed by atoms with Gasteiger partial charge >= 0.3 is 6.09 Å². The topological polar surface area (TPSA) is 84.5 Å². The van der Waals surface area contributed by atoms with E-state index >= 15 is 0 Å². The molecule has 112 valence electrons. The van der Waals surface area contributed by atoms with Gasteiger partial charge in [-0.25, -0.2) is 4.79 Å². The maximum atomic E-state index is 11.8. The highest BCUT2D eigenvalue weighted by Crippen LogP contribution is 2.46. The molecule has 1 heterocycles. The van der Waals surface area contributed by atoms with E-state index in [4.69, 9.17) is 4.74 Å². The van der Waals surface area contributed by atoms with Crippen LogP contribution in [0.2, 0.25) is 0 Å². The molecule has 2 aliphatic rings. The summed E-state index contributed by atoms with van der Waals surface area (Å²) in [6.07, 6.45) is 3.15. The van der Waals surface area contributed by atoms with Gasteiger partial charge in [0, 0.05) is 11.5 Å². The van der Waals surface area contributed by atoms with Crippen molar-refractivity contribution in [2.45, 2.75) is 63.6 Å². The van der Waals surface area contributed by atoms with Crippen LogP contribution in [0.5, 0.6) is 0 Å². The van der Waals surface area contributed by atoms with Crippen molar-refractivity contribution in [2.24, 2.45) is 5.92 Å². The lowest BCUT2D eigenvalue weighted by Crippen LogP contribution is -2.41. The van der Waals surface area contributed by atoms with Gasteiger partial charge in [0.2, 0.25) is 5.91 Å². The number of ether oxygens (including phenoxy) is 1. The summed E-state index contributed by atoms with van der Waals surface area (Å²) in [5.74, 6) is -0.219. The van der Waals surface area contributed by atoms with E-state index in [9.17, 15) is 14.4 Å². The molecule has 1 aliphatic carbocycles. The minimum atomic E-state index is -0.686. The average Bonchev–Trinajstić information content (AvgIpc) is 2.96. The van der Waals surface area contributed by atoms with Gasteiger partial charge in [-0.1, -0.05) is 0 Å². The van der Waals surface area contributed by atoms with Crippen LogP contribution in [0.1, 0.15) is 46.5 Å². The Bertz CT molecular complexity index is 423. The number of carbonyl (C=O) groups is 3. The van der Waals surface area contributed by atoms with Gasteiger partial charge in [-0.2, -0.15) is 0 Å². The van der Waals surface area contributed by atoms with Crippen molar-refractivity contribution in [1.29, 1.82) is 0 Å². The first-order valence-electron chi connectivity index (χ1n) is 7.00. The number of hydrogen-bond donors (Lipinski definition) is 2. The molecular weight excluding hydrogens is 260 g/mol. The second-order valence-electron chi connectivity index (χ2n) is 6.80. The molecule has 2 N–H and O–H groups in total. The molecular formula is C14H22N2O4. The lowest BCUT2D eigenvalue weighted by Gasteiger charge is -2.22. The summed E-state index contributed by atoms with van der Waals surface area (Å²) < 4.78 is 5.11. The first kappa shape index (κ1) is 14.8. The van der Waals surface area contributed by atoms with Gasteiger partial charge in [0.1, 0.15) is 11.9 Å². The van der Waals surface area contributed by atoms with Gasteiger partial charge in [0.25, 0.3) is 0 Å². The molecule has 2 fully saturated rings. The predicted octanol–water partition coefficient (Wildman–Crippen LogP) is 1.14. The van der Waals surface area contributed by atoms with E-state index in [0.29, 0.717) is 12.7 Å². The number of amides is 2. The SMILES string of the molecule is CC(C)(C)OC(=O)N[C@H](C=O)C[C@@H]1CC2(CC2)NC1=O. The maximum Gasteiger partial charge on any atom is 0.408 e. The Hall–Kier alpha value is -1.59. The smallest absolute Gasteiger partial charge is 0.408 e. The molecule has 0 bridgehead atoms. The molecule has 0 unspecified atom stereocenters. The lowest BCUT2D eigenvalue weighted by molar-refractivity contribution is -0.123. The zero-order valence-electron chi connectivity index (χ0n) is 12.2. The Morgan fingerprint density at radius 1 is 1.55 bits per heavy atom. The van der Waals surface area contributed by atoms with Gasteiger partial charge in [0.05, 0.1) is 6.04 Å².